The minimum absolute atomic E-state index is 0.0989. The minimum Gasteiger partial charge on any atom is -0.375 e. The van der Waals surface area contributed by atoms with Gasteiger partial charge in [-0.2, -0.15) is 0 Å². The zero-order valence-electron chi connectivity index (χ0n) is 16.3. The number of hydrogen-bond acceptors (Lipinski definition) is 3. The van der Waals surface area contributed by atoms with E-state index < -0.39 is 10.0 Å². The normalized spacial score (nSPS) is 27.6. The average molecular weight is 368 g/mol. The Labute approximate surface area is 153 Å². The molecule has 0 bridgehead atoms. The van der Waals surface area contributed by atoms with Crippen LogP contribution in [0, 0.1) is 18.3 Å². The van der Waals surface area contributed by atoms with Gasteiger partial charge in [0, 0.05) is 13.2 Å². The van der Waals surface area contributed by atoms with Gasteiger partial charge >= 0.3 is 0 Å². The molecule has 1 aromatic rings. The molecular formula is C20H33NO3S. The largest absolute Gasteiger partial charge is 0.375 e. The summed E-state index contributed by atoms with van der Waals surface area (Å²) in [6.45, 7) is 12.0. The first kappa shape index (κ1) is 20.4. The van der Waals surface area contributed by atoms with Crippen molar-refractivity contribution in [3.8, 4) is 0 Å². The van der Waals surface area contributed by atoms with Gasteiger partial charge in [0.25, 0.3) is 0 Å². The molecule has 25 heavy (non-hydrogen) atoms. The predicted octanol–water partition coefficient (Wildman–Crippen LogP) is 4.28. The topological polar surface area (TPSA) is 55.4 Å². The van der Waals surface area contributed by atoms with Crippen molar-refractivity contribution in [3.63, 3.8) is 0 Å². The molecule has 1 aromatic carbocycles. The molecule has 0 unspecified atom stereocenters. The Morgan fingerprint density at radius 3 is 2.44 bits per heavy atom. The van der Waals surface area contributed by atoms with Crippen molar-refractivity contribution >= 4 is 10.0 Å². The lowest BCUT2D eigenvalue weighted by Crippen LogP contribution is -2.46. The first-order valence-corrected chi connectivity index (χ1v) is 10.8. The molecule has 4 nitrogen and oxygen atoms in total. The lowest BCUT2D eigenvalue weighted by atomic mass is 9.64. The summed E-state index contributed by atoms with van der Waals surface area (Å²) in [7, 11) is -3.45. The molecule has 1 aliphatic heterocycles. The second-order valence-electron chi connectivity index (χ2n) is 8.06. The third kappa shape index (κ3) is 4.83. The van der Waals surface area contributed by atoms with Crippen molar-refractivity contribution in [2.75, 3.05) is 13.2 Å². The lowest BCUT2D eigenvalue weighted by Gasteiger charge is -2.49. The Kier molecular flexibility index (Phi) is 6.34. The molecule has 5 heteroatoms. The van der Waals surface area contributed by atoms with E-state index >= 15 is 0 Å². The fourth-order valence-corrected chi connectivity index (χ4v) is 4.87. The smallest absolute Gasteiger partial charge is 0.240 e. The minimum atomic E-state index is -3.45. The zero-order chi connectivity index (χ0) is 18.7. The standard InChI is InChI=1S/C20H33NO3S/c1-6-19(5)15-20(16(2)3,12-14-24-19)11-13-21-25(22,23)18-9-7-17(4)8-10-18/h7-10,16,21H,6,11-15H2,1-5H3/t19-,20-/m0/s1. The molecule has 142 valence electrons. The summed E-state index contributed by atoms with van der Waals surface area (Å²) in [6.07, 6.45) is 3.80. The quantitative estimate of drug-likeness (QED) is 0.782. The van der Waals surface area contributed by atoms with Crippen LogP contribution in [0.2, 0.25) is 0 Å². The Bertz CT molecular complexity index is 669. The second kappa shape index (κ2) is 7.77. The van der Waals surface area contributed by atoms with E-state index in [2.05, 4.69) is 32.4 Å². The van der Waals surface area contributed by atoms with Crippen molar-refractivity contribution < 1.29 is 13.2 Å². The van der Waals surface area contributed by atoms with E-state index in [-0.39, 0.29) is 11.0 Å². The maximum absolute atomic E-state index is 12.5. The van der Waals surface area contributed by atoms with Gasteiger partial charge in [-0.25, -0.2) is 13.1 Å². The molecule has 0 saturated carbocycles. The average Bonchev–Trinajstić information content (AvgIpc) is 2.55. The van der Waals surface area contributed by atoms with Crippen LogP contribution in [0.1, 0.15) is 58.9 Å². The Morgan fingerprint density at radius 1 is 1.24 bits per heavy atom. The van der Waals surface area contributed by atoms with Gasteiger partial charge in [0.2, 0.25) is 10.0 Å². The maximum Gasteiger partial charge on any atom is 0.240 e. The van der Waals surface area contributed by atoms with E-state index in [9.17, 15) is 8.42 Å². The molecular weight excluding hydrogens is 334 g/mol. The first-order valence-electron chi connectivity index (χ1n) is 9.33. The van der Waals surface area contributed by atoms with Crippen LogP contribution in [0.5, 0.6) is 0 Å². The third-order valence-electron chi connectivity index (χ3n) is 6.00. The highest BCUT2D eigenvalue weighted by atomic mass is 32.2. The van der Waals surface area contributed by atoms with Gasteiger partial charge in [-0.05, 0) is 63.0 Å². The van der Waals surface area contributed by atoms with Crippen molar-refractivity contribution in [3.05, 3.63) is 29.8 Å². The van der Waals surface area contributed by atoms with Crippen LogP contribution < -0.4 is 4.72 Å². The number of benzene rings is 1. The molecule has 0 amide bonds. The summed E-state index contributed by atoms with van der Waals surface area (Å²) in [6, 6.07) is 6.99. The van der Waals surface area contributed by atoms with E-state index in [0.29, 0.717) is 17.4 Å². The summed E-state index contributed by atoms with van der Waals surface area (Å²) < 4.78 is 33.8. The van der Waals surface area contributed by atoms with Crippen molar-refractivity contribution in [2.24, 2.45) is 11.3 Å². The molecule has 1 saturated heterocycles. The van der Waals surface area contributed by atoms with Gasteiger partial charge in [0.05, 0.1) is 10.5 Å². The highest BCUT2D eigenvalue weighted by Gasteiger charge is 2.43. The van der Waals surface area contributed by atoms with Gasteiger partial charge in [0.1, 0.15) is 0 Å². The fraction of sp³-hybridized carbons (Fsp3) is 0.700. The number of hydrogen-bond donors (Lipinski definition) is 1. The molecule has 0 aromatic heterocycles. The maximum atomic E-state index is 12.5. The fourth-order valence-electron chi connectivity index (χ4n) is 3.84. The number of ether oxygens (including phenoxy) is 1. The lowest BCUT2D eigenvalue weighted by molar-refractivity contribution is -0.132. The van der Waals surface area contributed by atoms with Gasteiger partial charge in [-0.1, -0.05) is 38.5 Å². The summed E-state index contributed by atoms with van der Waals surface area (Å²) in [5.41, 5.74) is 1.08. The number of nitrogens with one attached hydrogen (secondary N) is 1. The molecule has 0 spiro atoms. The molecule has 1 heterocycles. The molecule has 1 N–H and O–H groups in total. The SMILES string of the molecule is CC[C@@]1(C)C[C@@](CCNS(=O)(=O)c2ccc(C)cc2)(C(C)C)CCO1. The number of rotatable bonds is 7. The predicted molar refractivity (Wildman–Crippen MR) is 102 cm³/mol. The molecule has 2 rings (SSSR count). The van der Waals surface area contributed by atoms with Gasteiger partial charge < -0.3 is 4.74 Å². The van der Waals surface area contributed by atoms with Crippen molar-refractivity contribution in [1.29, 1.82) is 0 Å². The van der Waals surface area contributed by atoms with Crippen LogP contribution in [0.3, 0.4) is 0 Å². The first-order chi connectivity index (χ1) is 11.6. The van der Waals surface area contributed by atoms with Crippen LogP contribution in [0.15, 0.2) is 29.2 Å². The molecule has 1 aliphatic rings. The third-order valence-corrected chi connectivity index (χ3v) is 7.47. The Balaban J connectivity index is 2.05. The highest BCUT2D eigenvalue weighted by Crippen LogP contribution is 2.47. The van der Waals surface area contributed by atoms with Crippen LogP contribution in [-0.4, -0.2) is 27.2 Å². The molecule has 0 aliphatic carbocycles. The van der Waals surface area contributed by atoms with Gasteiger partial charge in [-0.15, -0.1) is 0 Å². The van der Waals surface area contributed by atoms with Crippen molar-refractivity contribution in [2.45, 2.75) is 70.8 Å². The van der Waals surface area contributed by atoms with Crippen LogP contribution in [0.25, 0.3) is 0 Å². The number of sulfonamides is 1. The number of aryl methyl sites for hydroxylation is 1. The van der Waals surface area contributed by atoms with Gasteiger partial charge in [0.15, 0.2) is 0 Å². The van der Waals surface area contributed by atoms with E-state index in [1.54, 1.807) is 12.1 Å². The summed E-state index contributed by atoms with van der Waals surface area (Å²) >= 11 is 0. The van der Waals surface area contributed by atoms with Crippen LogP contribution in [0.4, 0.5) is 0 Å². The summed E-state index contributed by atoms with van der Waals surface area (Å²) in [5.74, 6) is 0.492. The Hall–Kier alpha value is -0.910. The Morgan fingerprint density at radius 2 is 1.88 bits per heavy atom. The van der Waals surface area contributed by atoms with E-state index in [0.717, 1.165) is 37.9 Å². The van der Waals surface area contributed by atoms with Gasteiger partial charge in [-0.3, -0.25) is 0 Å². The zero-order valence-corrected chi connectivity index (χ0v) is 17.1. The van der Waals surface area contributed by atoms with Crippen LogP contribution in [-0.2, 0) is 14.8 Å². The molecule has 0 radical (unpaired) electrons. The van der Waals surface area contributed by atoms with E-state index in [4.69, 9.17) is 4.74 Å². The molecule has 1 fully saturated rings. The van der Waals surface area contributed by atoms with E-state index in [1.807, 2.05) is 19.1 Å². The molecule has 2 atom stereocenters. The monoisotopic (exact) mass is 367 g/mol. The summed E-state index contributed by atoms with van der Waals surface area (Å²) in [4.78, 5) is 0.335. The highest BCUT2D eigenvalue weighted by molar-refractivity contribution is 7.89. The summed E-state index contributed by atoms with van der Waals surface area (Å²) in [5, 5.41) is 0. The van der Waals surface area contributed by atoms with E-state index in [1.165, 1.54) is 0 Å². The van der Waals surface area contributed by atoms with Crippen LogP contribution >= 0.6 is 0 Å². The second-order valence-corrected chi connectivity index (χ2v) is 9.82. The van der Waals surface area contributed by atoms with Crippen molar-refractivity contribution in [1.82, 2.24) is 4.72 Å².